The zero-order valence-corrected chi connectivity index (χ0v) is 9.72. The summed E-state index contributed by atoms with van der Waals surface area (Å²) >= 11 is 8.76. The van der Waals surface area contributed by atoms with Crippen molar-refractivity contribution < 1.29 is 0 Å². The summed E-state index contributed by atoms with van der Waals surface area (Å²) in [6.45, 7) is 1.16. The molecule has 1 saturated heterocycles. The largest absolute Gasteiger partial charge is 0.309 e. The molecule has 0 aliphatic carbocycles. The van der Waals surface area contributed by atoms with Crippen LogP contribution >= 0.6 is 43.2 Å². The van der Waals surface area contributed by atoms with Crippen LogP contribution in [-0.2, 0) is 0 Å². The van der Waals surface area contributed by atoms with Crippen molar-refractivity contribution in [3.63, 3.8) is 0 Å². The summed E-state index contributed by atoms with van der Waals surface area (Å²) < 4.78 is 2.37. The summed E-state index contributed by atoms with van der Waals surface area (Å²) in [5.41, 5.74) is 0. The van der Waals surface area contributed by atoms with Crippen molar-refractivity contribution in [3.05, 3.63) is 19.2 Å². The molecular weight excluding hydrogens is 290 g/mol. The molecule has 1 aliphatic heterocycles. The van der Waals surface area contributed by atoms with Crippen molar-refractivity contribution in [1.29, 1.82) is 0 Å². The molecule has 1 atom stereocenters. The third-order valence-corrected chi connectivity index (χ3v) is 5.20. The van der Waals surface area contributed by atoms with Crippen molar-refractivity contribution in [2.75, 3.05) is 6.54 Å². The normalized spacial score (nSPS) is 23.3. The van der Waals surface area contributed by atoms with Crippen molar-refractivity contribution in [2.24, 2.45) is 0 Å². The molecule has 4 heteroatoms. The molecule has 1 N–H and O–H groups in total. The maximum atomic E-state index is 3.48. The Kier molecular flexibility index (Phi) is 2.37. The van der Waals surface area contributed by atoms with Gasteiger partial charge in [0.25, 0.3) is 0 Å². The molecule has 60 valence electrons. The van der Waals surface area contributed by atoms with Gasteiger partial charge in [0.1, 0.15) is 0 Å². The minimum absolute atomic E-state index is 0.614. The van der Waals surface area contributed by atoms with Crippen LogP contribution in [0, 0.1) is 0 Å². The van der Waals surface area contributed by atoms with Crippen LogP contribution in [-0.4, -0.2) is 6.54 Å². The minimum Gasteiger partial charge on any atom is -0.309 e. The first-order valence-electron chi connectivity index (χ1n) is 3.45. The van der Waals surface area contributed by atoms with Crippen molar-refractivity contribution >= 4 is 43.2 Å². The molecule has 1 fully saturated rings. The first-order chi connectivity index (χ1) is 5.27. The Bertz CT molecular complexity index is 248. The van der Waals surface area contributed by atoms with Crippen LogP contribution in [0.3, 0.4) is 0 Å². The van der Waals surface area contributed by atoms with Gasteiger partial charge in [-0.3, -0.25) is 0 Å². The van der Waals surface area contributed by atoms with Gasteiger partial charge in [-0.2, -0.15) is 0 Å². The predicted molar refractivity (Wildman–Crippen MR) is 55.1 cm³/mol. The Morgan fingerprint density at radius 1 is 1.55 bits per heavy atom. The average Bonchev–Trinajstić information content (AvgIpc) is 2.08. The number of halogens is 2. The summed E-state index contributed by atoms with van der Waals surface area (Å²) in [4.78, 5) is 1.43. The van der Waals surface area contributed by atoms with E-state index in [1.807, 2.05) is 0 Å². The summed E-state index contributed by atoms with van der Waals surface area (Å²) in [6, 6.07) is 2.80. The monoisotopic (exact) mass is 295 g/mol. The van der Waals surface area contributed by atoms with E-state index in [2.05, 4.69) is 43.2 Å². The molecule has 2 rings (SSSR count). The van der Waals surface area contributed by atoms with E-state index in [4.69, 9.17) is 0 Å². The second-order valence-electron chi connectivity index (χ2n) is 2.57. The molecule has 0 amide bonds. The van der Waals surface area contributed by atoms with Crippen LogP contribution in [0.5, 0.6) is 0 Å². The second-order valence-corrected chi connectivity index (χ2v) is 5.82. The predicted octanol–water partition coefficient (Wildman–Crippen LogP) is 3.31. The fourth-order valence-electron chi connectivity index (χ4n) is 1.07. The zero-order valence-electron chi connectivity index (χ0n) is 5.73. The molecule has 0 radical (unpaired) electrons. The van der Waals surface area contributed by atoms with Crippen molar-refractivity contribution in [3.8, 4) is 0 Å². The van der Waals surface area contributed by atoms with Gasteiger partial charge in [0.05, 0.1) is 3.79 Å². The van der Waals surface area contributed by atoms with Crippen molar-refractivity contribution in [1.82, 2.24) is 5.32 Å². The molecule has 0 spiro atoms. The third-order valence-electron chi connectivity index (χ3n) is 1.83. The molecule has 1 aromatic heterocycles. The third kappa shape index (κ3) is 1.54. The Morgan fingerprint density at radius 3 is 2.64 bits per heavy atom. The summed E-state index contributed by atoms with van der Waals surface area (Å²) in [5.74, 6) is 0. The minimum atomic E-state index is 0.614. The van der Waals surface area contributed by atoms with Crippen LogP contribution in [0.25, 0.3) is 0 Å². The first kappa shape index (κ1) is 8.23. The van der Waals surface area contributed by atoms with E-state index in [0.717, 1.165) is 6.54 Å². The van der Waals surface area contributed by atoms with E-state index < -0.39 is 0 Å². The zero-order chi connectivity index (χ0) is 7.84. The standard InChI is InChI=1S/C7H7Br2NS/c8-4-3-6(11-7(4)9)5-1-2-10-5/h3,5,10H,1-2H2. The van der Waals surface area contributed by atoms with Crippen LogP contribution < -0.4 is 5.32 Å². The Balaban J connectivity index is 2.24. The number of hydrogen-bond acceptors (Lipinski definition) is 2. The quantitative estimate of drug-likeness (QED) is 0.838. The smallest absolute Gasteiger partial charge is 0.0843 e. The van der Waals surface area contributed by atoms with Gasteiger partial charge < -0.3 is 5.32 Å². The van der Waals surface area contributed by atoms with Gasteiger partial charge in [-0.1, -0.05) is 0 Å². The van der Waals surface area contributed by atoms with E-state index in [1.54, 1.807) is 11.3 Å². The molecular formula is C7H7Br2NS. The number of rotatable bonds is 1. The lowest BCUT2D eigenvalue weighted by atomic mass is 10.1. The topological polar surface area (TPSA) is 12.0 Å². The maximum Gasteiger partial charge on any atom is 0.0843 e. The van der Waals surface area contributed by atoms with Gasteiger partial charge in [-0.25, -0.2) is 0 Å². The molecule has 1 unspecified atom stereocenters. The van der Waals surface area contributed by atoms with E-state index in [9.17, 15) is 0 Å². The summed E-state index contributed by atoms with van der Waals surface area (Å²) in [6.07, 6.45) is 1.28. The molecule has 0 aromatic carbocycles. The molecule has 1 aromatic rings. The van der Waals surface area contributed by atoms with Crippen LogP contribution in [0.15, 0.2) is 14.3 Å². The number of hydrogen-bond donors (Lipinski definition) is 1. The lowest BCUT2D eigenvalue weighted by Gasteiger charge is -2.26. The Morgan fingerprint density at radius 2 is 2.27 bits per heavy atom. The summed E-state index contributed by atoms with van der Waals surface area (Å²) in [5, 5.41) is 3.37. The highest BCUT2D eigenvalue weighted by Gasteiger charge is 2.20. The number of nitrogens with one attached hydrogen (secondary N) is 1. The highest BCUT2D eigenvalue weighted by Crippen LogP contribution is 2.37. The van der Waals surface area contributed by atoms with Gasteiger partial charge in [-0.15, -0.1) is 11.3 Å². The van der Waals surface area contributed by atoms with Crippen LogP contribution in [0.2, 0.25) is 0 Å². The molecule has 2 heterocycles. The van der Waals surface area contributed by atoms with E-state index in [1.165, 1.54) is 19.6 Å². The lowest BCUT2D eigenvalue weighted by Crippen LogP contribution is -2.34. The molecule has 11 heavy (non-hydrogen) atoms. The fourth-order valence-corrected chi connectivity index (χ4v) is 3.27. The van der Waals surface area contributed by atoms with Crippen LogP contribution in [0.4, 0.5) is 0 Å². The van der Waals surface area contributed by atoms with Gasteiger partial charge >= 0.3 is 0 Å². The fraction of sp³-hybridized carbons (Fsp3) is 0.429. The second kappa shape index (κ2) is 3.17. The van der Waals surface area contributed by atoms with Gasteiger partial charge in [0.2, 0.25) is 0 Å². The summed E-state index contributed by atoms with van der Waals surface area (Å²) in [7, 11) is 0. The highest BCUT2D eigenvalue weighted by molar-refractivity contribution is 9.13. The first-order valence-corrected chi connectivity index (χ1v) is 5.86. The maximum absolute atomic E-state index is 3.48. The number of thiophene rings is 1. The van der Waals surface area contributed by atoms with Crippen molar-refractivity contribution in [2.45, 2.75) is 12.5 Å². The molecule has 0 saturated carbocycles. The van der Waals surface area contributed by atoms with Gasteiger partial charge in [0.15, 0.2) is 0 Å². The molecule has 1 aliphatic rings. The molecule has 0 bridgehead atoms. The molecule has 1 nitrogen and oxygen atoms in total. The van der Waals surface area contributed by atoms with Gasteiger partial charge in [-0.05, 0) is 50.9 Å². The Hall–Kier alpha value is 0.620. The van der Waals surface area contributed by atoms with E-state index in [-0.39, 0.29) is 0 Å². The lowest BCUT2D eigenvalue weighted by molar-refractivity contribution is 0.389. The highest BCUT2D eigenvalue weighted by atomic mass is 79.9. The van der Waals surface area contributed by atoms with E-state index >= 15 is 0 Å². The van der Waals surface area contributed by atoms with Crippen LogP contribution in [0.1, 0.15) is 17.3 Å². The van der Waals surface area contributed by atoms with E-state index in [0.29, 0.717) is 6.04 Å². The SMILES string of the molecule is Brc1cc(C2CCN2)sc1Br. The van der Waals surface area contributed by atoms with Gasteiger partial charge in [0, 0.05) is 15.4 Å². The Labute approximate surface area is 86.4 Å². The average molecular weight is 297 g/mol.